The van der Waals surface area contributed by atoms with Crippen molar-refractivity contribution in [1.82, 2.24) is 14.6 Å². The van der Waals surface area contributed by atoms with Gasteiger partial charge in [-0.3, -0.25) is 4.98 Å². The van der Waals surface area contributed by atoms with E-state index in [1.165, 1.54) is 0 Å². The van der Waals surface area contributed by atoms with Gasteiger partial charge in [0, 0.05) is 37.3 Å². The van der Waals surface area contributed by atoms with Gasteiger partial charge in [-0.1, -0.05) is 19.1 Å². The van der Waals surface area contributed by atoms with Crippen LogP contribution in [0, 0.1) is 6.92 Å². The molecule has 1 atom stereocenters. The van der Waals surface area contributed by atoms with Gasteiger partial charge in [-0.05, 0) is 31.0 Å². The van der Waals surface area contributed by atoms with Gasteiger partial charge < -0.3 is 5.32 Å². The molecule has 1 fully saturated rings. The molecule has 0 aliphatic carbocycles. The molecule has 0 bridgehead atoms. The first-order valence-corrected chi connectivity index (χ1v) is 9.05. The van der Waals surface area contributed by atoms with Crippen molar-refractivity contribution < 1.29 is 8.42 Å². The number of hydrogen-bond donors (Lipinski definition) is 1. The van der Waals surface area contributed by atoms with Crippen LogP contribution >= 0.6 is 0 Å². The Bertz CT molecular complexity index is 789. The molecule has 0 spiro atoms. The lowest BCUT2D eigenvalue weighted by molar-refractivity contribution is 0.294. The summed E-state index contributed by atoms with van der Waals surface area (Å²) in [5, 5.41) is 4.21. The lowest BCUT2D eigenvalue weighted by atomic mass is 10.2. The van der Waals surface area contributed by atoms with Crippen molar-refractivity contribution >= 4 is 20.9 Å². The lowest BCUT2D eigenvalue weighted by Crippen LogP contribution is -2.52. The van der Waals surface area contributed by atoms with Crippen molar-refractivity contribution in [3.05, 3.63) is 36.0 Å². The van der Waals surface area contributed by atoms with Crippen LogP contribution in [0.25, 0.3) is 10.9 Å². The van der Waals surface area contributed by atoms with E-state index in [0.717, 1.165) is 17.4 Å². The Balaban J connectivity index is 2.05. The number of rotatable bonds is 3. The molecule has 1 saturated heterocycles. The molecule has 0 saturated carbocycles. The Morgan fingerprint density at radius 2 is 2.23 bits per heavy atom. The number of aromatic nitrogens is 1. The Morgan fingerprint density at radius 3 is 3.00 bits per heavy atom. The third-order valence-electron chi connectivity index (χ3n) is 4.14. The molecule has 2 heterocycles. The molecule has 1 aliphatic rings. The van der Waals surface area contributed by atoms with Crippen LogP contribution in [0.15, 0.2) is 35.4 Å². The first-order valence-electron chi connectivity index (χ1n) is 7.61. The van der Waals surface area contributed by atoms with E-state index in [1.54, 1.807) is 22.6 Å². The van der Waals surface area contributed by atoms with Gasteiger partial charge in [0.2, 0.25) is 10.0 Å². The van der Waals surface area contributed by atoms with Crippen LogP contribution in [-0.2, 0) is 10.0 Å². The largest absolute Gasteiger partial charge is 0.311 e. The van der Waals surface area contributed by atoms with Crippen LogP contribution < -0.4 is 5.32 Å². The molecule has 2 aromatic rings. The van der Waals surface area contributed by atoms with E-state index in [4.69, 9.17) is 0 Å². The zero-order valence-corrected chi connectivity index (χ0v) is 13.7. The second kappa shape index (κ2) is 5.95. The van der Waals surface area contributed by atoms with E-state index < -0.39 is 10.0 Å². The smallest absolute Gasteiger partial charge is 0.245 e. The van der Waals surface area contributed by atoms with Gasteiger partial charge >= 0.3 is 0 Å². The fourth-order valence-corrected chi connectivity index (χ4v) is 4.53. The molecule has 3 rings (SSSR count). The van der Waals surface area contributed by atoms with Gasteiger partial charge in [0.1, 0.15) is 4.90 Å². The summed E-state index contributed by atoms with van der Waals surface area (Å²) in [6, 6.07) is 7.53. The minimum Gasteiger partial charge on any atom is -0.311 e. The number of aryl methyl sites for hydroxylation is 1. The predicted octanol–water partition coefficient (Wildman–Crippen LogP) is 1.92. The average molecular weight is 319 g/mol. The highest BCUT2D eigenvalue weighted by atomic mass is 32.2. The summed E-state index contributed by atoms with van der Waals surface area (Å²) in [5.41, 5.74) is 1.58. The molecule has 118 valence electrons. The van der Waals surface area contributed by atoms with Gasteiger partial charge in [-0.15, -0.1) is 0 Å². The Morgan fingerprint density at radius 1 is 1.41 bits per heavy atom. The first-order chi connectivity index (χ1) is 10.5. The Kier molecular flexibility index (Phi) is 4.16. The van der Waals surface area contributed by atoms with Crippen LogP contribution in [0.2, 0.25) is 0 Å². The fourth-order valence-electron chi connectivity index (χ4n) is 2.88. The quantitative estimate of drug-likeness (QED) is 0.939. The minimum absolute atomic E-state index is 0.216. The summed E-state index contributed by atoms with van der Waals surface area (Å²) in [4.78, 5) is 4.67. The minimum atomic E-state index is -3.51. The summed E-state index contributed by atoms with van der Waals surface area (Å²) >= 11 is 0. The van der Waals surface area contributed by atoms with Gasteiger partial charge in [-0.2, -0.15) is 4.31 Å². The maximum Gasteiger partial charge on any atom is 0.245 e. The SMILES string of the molecule is CC[C@H]1CN(S(=O)(=O)c2cccc3cc(C)cnc23)CCN1. The van der Waals surface area contributed by atoms with E-state index in [2.05, 4.69) is 17.2 Å². The second-order valence-corrected chi connectivity index (χ2v) is 7.67. The highest BCUT2D eigenvalue weighted by Crippen LogP contribution is 2.25. The van der Waals surface area contributed by atoms with Gasteiger partial charge in [0.05, 0.1) is 5.52 Å². The number of pyridine rings is 1. The molecule has 1 aliphatic heterocycles. The molecule has 0 amide bonds. The van der Waals surface area contributed by atoms with Crippen LogP contribution in [0.5, 0.6) is 0 Å². The van der Waals surface area contributed by atoms with Crippen molar-refractivity contribution in [3.63, 3.8) is 0 Å². The van der Waals surface area contributed by atoms with E-state index in [1.807, 2.05) is 19.1 Å². The molecule has 5 nitrogen and oxygen atoms in total. The normalized spacial score (nSPS) is 20.4. The summed E-state index contributed by atoms with van der Waals surface area (Å²) in [6.45, 7) is 5.73. The van der Waals surface area contributed by atoms with Crippen LogP contribution in [0.1, 0.15) is 18.9 Å². The third-order valence-corrected chi connectivity index (χ3v) is 6.04. The molecule has 22 heavy (non-hydrogen) atoms. The number of nitrogens with zero attached hydrogens (tertiary/aromatic N) is 2. The number of sulfonamides is 1. The van der Waals surface area contributed by atoms with Crippen molar-refractivity contribution in [2.24, 2.45) is 0 Å². The molecular formula is C16H21N3O2S. The Hall–Kier alpha value is -1.50. The molecule has 6 heteroatoms. The van der Waals surface area contributed by atoms with E-state index in [9.17, 15) is 8.42 Å². The number of benzene rings is 1. The van der Waals surface area contributed by atoms with Gasteiger partial charge in [0.25, 0.3) is 0 Å². The zero-order chi connectivity index (χ0) is 15.7. The summed E-state index contributed by atoms with van der Waals surface area (Å²) < 4.78 is 27.6. The standard InChI is InChI=1S/C16H21N3O2S/c1-3-14-11-19(8-7-17-14)22(20,21)15-6-4-5-13-9-12(2)10-18-16(13)15/h4-6,9-10,14,17H,3,7-8,11H2,1-2H3/t14-/m0/s1. The zero-order valence-electron chi connectivity index (χ0n) is 12.9. The van der Waals surface area contributed by atoms with Crippen molar-refractivity contribution in [3.8, 4) is 0 Å². The fraction of sp³-hybridized carbons (Fsp3) is 0.438. The molecule has 0 unspecified atom stereocenters. The maximum atomic E-state index is 13.0. The van der Waals surface area contributed by atoms with Crippen molar-refractivity contribution in [2.75, 3.05) is 19.6 Å². The highest BCUT2D eigenvalue weighted by Gasteiger charge is 2.30. The van der Waals surface area contributed by atoms with E-state index in [0.29, 0.717) is 30.0 Å². The van der Waals surface area contributed by atoms with Crippen LogP contribution in [0.4, 0.5) is 0 Å². The van der Waals surface area contributed by atoms with E-state index in [-0.39, 0.29) is 6.04 Å². The molecule has 1 aromatic carbocycles. The van der Waals surface area contributed by atoms with Crippen molar-refractivity contribution in [2.45, 2.75) is 31.2 Å². The predicted molar refractivity (Wildman–Crippen MR) is 87.3 cm³/mol. The van der Waals surface area contributed by atoms with Crippen molar-refractivity contribution in [1.29, 1.82) is 0 Å². The summed E-state index contributed by atoms with van der Waals surface area (Å²) in [6.07, 6.45) is 2.63. The van der Waals surface area contributed by atoms with Crippen LogP contribution in [-0.4, -0.2) is 43.4 Å². The highest BCUT2D eigenvalue weighted by molar-refractivity contribution is 7.89. The molecule has 0 radical (unpaired) electrons. The number of para-hydroxylation sites is 1. The monoisotopic (exact) mass is 319 g/mol. The summed E-state index contributed by atoms with van der Waals surface area (Å²) in [5.74, 6) is 0. The topological polar surface area (TPSA) is 62.3 Å². The second-order valence-electron chi connectivity index (χ2n) is 5.76. The number of nitrogens with one attached hydrogen (secondary N) is 1. The van der Waals surface area contributed by atoms with Crippen LogP contribution in [0.3, 0.4) is 0 Å². The molecular weight excluding hydrogens is 298 g/mol. The first kappa shape index (κ1) is 15.4. The number of hydrogen-bond acceptors (Lipinski definition) is 4. The van der Waals surface area contributed by atoms with Gasteiger partial charge in [-0.25, -0.2) is 8.42 Å². The lowest BCUT2D eigenvalue weighted by Gasteiger charge is -2.32. The number of piperazine rings is 1. The number of fused-ring (bicyclic) bond motifs is 1. The molecule has 1 aromatic heterocycles. The maximum absolute atomic E-state index is 13.0. The molecule has 1 N–H and O–H groups in total. The van der Waals surface area contributed by atoms with E-state index >= 15 is 0 Å². The average Bonchev–Trinajstić information content (AvgIpc) is 2.54. The summed E-state index contributed by atoms with van der Waals surface area (Å²) in [7, 11) is -3.51. The third kappa shape index (κ3) is 2.74. The van der Waals surface area contributed by atoms with Gasteiger partial charge in [0.15, 0.2) is 0 Å². The Labute approximate surface area is 131 Å².